The number of hydrogen-bond acceptors (Lipinski definition) is 2. The van der Waals surface area contributed by atoms with Gasteiger partial charge < -0.3 is 4.42 Å². The van der Waals surface area contributed by atoms with Gasteiger partial charge in [0.2, 0.25) is 0 Å². The van der Waals surface area contributed by atoms with Crippen LogP contribution in [0.5, 0.6) is 0 Å². The zero-order valence-corrected chi connectivity index (χ0v) is 12.7. The van der Waals surface area contributed by atoms with Gasteiger partial charge in [-0.1, -0.05) is 35.9 Å². The van der Waals surface area contributed by atoms with Crippen molar-refractivity contribution in [3.05, 3.63) is 82.8 Å². The van der Waals surface area contributed by atoms with Crippen molar-refractivity contribution in [2.24, 2.45) is 0 Å². The fourth-order valence-electron chi connectivity index (χ4n) is 2.18. The standard InChI is InChI=1S/C19H11ClFNO/c20-16-6-4-13(5-7-16)15(12-22)11-18-8-9-19(23-18)14-2-1-3-17(21)10-14/h1-11H/b15-11-. The Balaban J connectivity index is 1.93. The van der Waals surface area contributed by atoms with Crippen LogP contribution in [0.25, 0.3) is 23.0 Å². The summed E-state index contributed by atoms with van der Waals surface area (Å²) in [5.41, 5.74) is 1.86. The summed E-state index contributed by atoms with van der Waals surface area (Å²) >= 11 is 5.85. The highest BCUT2D eigenvalue weighted by Crippen LogP contribution is 2.26. The first-order chi connectivity index (χ1) is 11.2. The highest BCUT2D eigenvalue weighted by molar-refractivity contribution is 6.30. The average molecular weight is 324 g/mol. The lowest BCUT2D eigenvalue weighted by molar-refractivity contribution is 0.570. The maximum atomic E-state index is 13.3. The Hall–Kier alpha value is -2.83. The monoisotopic (exact) mass is 323 g/mol. The third kappa shape index (κ3) is 3.50. The molecule has 0 N–H and O–H groups in total. The number of nitriles is 1. The summed E-state index contributed by atoms with van der Waals surface area (Å²) in [6.07, 6.45) is 1.64. The molecule has 112 valence electrons. The van der Waals surface area contributed by atoms with Gasteiger partial charge in [0.05, 0.1) is 11.6 Å². The molecule has 0 aliphatic carbocycles. The van der Waals surface area contributed by atoms with E-state index in [0.29, 0.717) is 27.7 Å². The molecule has 0 unspecified atom stereocenters. The van der Waals surface area contributed by atoms with E-state index in [4.69, 9.17) is 16.0 Å². The molecule has 0 aliphatic heterocycles. The fourth-order valence-corrected chi connectivity index (χ4v) is 2.31. The molecule has 0 aliphatic rings. The van der Waals surface area contributed by atoms with Gasteiger partial charge in [-0.15, -0.1) is 0 Å². The zero-order chi connectivity index (χ0) is 16.2. The van der Waals surface area contributed by atoms with Crippen LogP contribution in [0.4, 0.5) is 4.39 Å². The number of hydrogen-bond donors (Lipinski definition) is 0. The number of allylic oxidation sites excluding steroid dienone is 1. The molecule has 1 aromatic heterocycles. The lowest BCUT2D eigenvalue weighted by atomic mass is 10.1. The molecule has 1 heterocycles. The van der Waals surface area contributed by atoms with Gasteiger partial charge in [-0.2, -0.15) is 5.26 Å². The number of nitrogens with zero attached hydrogens (tertiary/aromatic N) is 1. The van der Waals surface area contributed by atoms with Gasteiger partial charge in [-0.05, 0) is 48.0 Å². The first-order valence-electron chi connectivity index (χ1n) is 6.89. The molecule has 0 atom stereocenters. The van der Waals surface area contributed by atoms with E-state index in [9.17, 15) is 9.65 Å². The Bertz CT molecular complexity index is 904. The van der Waals surface area contributed by atoms with Gasteiger partial charge in [0.25, 0.3) is 0 Å². The molecule has 0 amide bonds. The molecule has 0 fully saturated rings. The van der Waals surface area contributed by atoms with Gasteiger partial charge in [-0.3, -0.25) is 0 Å². The van der Waals surface area contributed by atoms with Crippen molar-refractivity contribution in [1.82, 2.24) is 0 Å². The predicted octanol–water partition coefficient (Wildman–Crippen LogP) is 5.80. The minimum absolute atomic E-state index is 0.324. The molecule has 0 saturated carbocycles. The molecule has 2 nitrogen and oxygen atoms in total. The first kappa shape index (κ1) is 15.1. The van der Waals surface area contributed by atoms with Gasteiger partial charge in [-0.25, -0.2) is 4.39 Å². The second kappa shape index (κ2) is 6.51. The lowest BCUT2D eigenvalue weighted by Gasteiger charge is -1.99. The molecule has 0 spiro atoms. The van der Waals surface area contributed by atoms with Crippen LogP contribution in [0.1, 0.15) is 11.3 Å². The highest BCUT2D eigenvalue weighted by atomic mass is 35.5. The van der Waals surface area contributed by atoms with Crippen LogP contribution in [0.2, 0.25) is 5.02 Å². The number of benzene rings is 2. The highest BCUT2D eigenvalue weighted by Gasteiger charge is 2.07. The molecule has 23 heavy (non-hydrogen) atoms. The van der Waals surface area contributed by atoms with Crippen LogP contribution in [0.15, 0.2) is 65.1 Å². The van der Waals surface area contributed by atoms with E-state index in [1.54, 1.807) is 54.6 Å². The third-order valence-corrected chi connectivity index (χ3v) is 3.55. The zero-order valence-electron chi connectivity index (χ0n) is 12.0. The smallest absolute Gasteiger partial charge is 0.134 e. The van der Waals surface area contributed by atoms with Crippen LogP contribution in [0.3, 0.4) is 0 Å². The number of halogens is 2. The quantitative estimate of drug-likeness (QED) is 0.571. The average Bonchev–Trinajstić information content (AvgIpc) is 3.02. The molecule has 3 rings (SSSR count). The Kier molecular flexibility index (Phi) is 4.27. The van der Waals surface area contributed by atoms with E-state index in [1.807, 2.05) is 0 Å². The van der Waals surface area contributed by atoms with E-state index in [0.717, 1.165) is 5.56 Å². The van der Waals surface area contributed by atoms with E-state index in [-0.39, 0.29) is 5.82 Å². The van der Waals surface area contributed by atoms with Crippen LogP contribution < -0.4 is 0 Å². The molecule has 4 heteroatoms. The van der Waals surface area contributed by atoms with Crippen molar-refractivity contribution in [1.29, 1.82) is 5.26 Å². The summed E-state index contributed by atoms with van der Waals surface area (Å²) in [7, 11) is 0. The maximum Gasteiger partial charge on any atom is 0.134 e. The first-order valence-corrected chi connectivity index (χ1v) is 7.27. The Morgan fingerprint density at radius 2 is 1.87 bits per heavy atom. The van der Waals surface area contributed by atoms with E-state index < -0.39 is 0 Å². The third-order valence-electron chi connectivity index (χ3n) is 3.30. The van der Waals surface area contributed by atoms with Gasteiger partial charge >= 0.3 is 0 Å². The maximum absolute atomic E-state index is 13.3. The van der Waals surface area contributed by atoms with Crippen molar-refractivity contribution in [3.63, 3.8) is 0 Å². The van der Waals surface area contributed by atoms with Gasteiger partial charge in [0.1, 0.15) is 17.3 Å². The number of furan rings is 1. The minimum Gasteiger partial charge on any atom is -0.457 e. The Morgan fingerprint density at radius 3 is 2.57 bits per heavy atom. The van der Waals surface area contributed by atoms with Crippen LogP contribution in [-0.4, -0.2) is 0 Å². The van der Waals surface area contributed by atoms with E-state index >= 15 is 0 Å². The molecular formula is C19H11ClFNO. The summed E-state index contributed by atoms with van der Waals surface area (Å²) in [5.74, 6) is 0.745. The molecule has 0 bridgehead atoms. The molecule has 0 radical (unpaired) electrons. The minimum atomic E-state index is -0.324. The van der Waals surface area contributed by atoms with Gasteiger partial charge in [0, 0.05) is 10.6 Å². The van der Waals surface area contributed by atoms with Crippen molar-refractivity contribution in [2.45, 2.75) is 0 Å². The largest absolute Gasteiger partial charge is 0.457 e. The Morgan fingerprint density at radius 1 is 1.09 bits per heavy atom. The summed E-state index contributed by atoms with van der Waals surface area (Å²) < 4.78 is 19.0. The van der Waals surface area contributed by atoms with Crippen molar-refractivity contribution in [2.75, 3.05) is 0 Å². The molecular weight excluding hydrogens is 313 g/mol. The van der Waals surface area contributed by atoms with E-state index in [2.05, 4.69) is 6.07 Å². The summed E-state index contributed by atoms with van der Waals surface area (Å²) in [4.78, 5) is 0. The predicted molar refractivity (Wildman–Crippen MR) is 89.0 cm³/mol. The molecule has 3 aromatic rings. The van der Waals surface area contributed by atoms with Crippen molar-refractivity contribution in [3.8, 4) is 17.4 Å². The Labute approximate surface area is 138 Å². The normalized spacial score (nSPS) is 11.3. The SMILES string of the molecule is N#C/C(=C/c1ccc(-c2cccc(F)c2)o1)c1ccc(Cl)cc1. The summed E-state index contributed by atoms with van der Waals surface area (Å²) in [6.45, 7) is 0. The summed E-state index contributed by atoms with van der Waals surface area (Å²) in [6, 6.07) is 18.8. The second-order valence-corrected chi connectivity index (χ2v) is 5.33. The van der Waals surface area contributed by atoms with Crippen LogP contribution in [0, 0.1) is 17.1 Å². The summed E-state index contributed by atoms with van der Waals surface area (Å²) in [5, 5.41) is 9.94. The van der Waals surface area contributed by atoms with Crippen molar-refractivity contribution < 1.29 is 8.81 Å². The number of rotatable bonds is 3. The van der Waals surface area contributed by atoms with Gasteiger partial charge in [0.15, 0.2) is 0 Å². The molecule has 2 aromatic carbocycles. The van der Waals surface area contributed by atoms with Crippen LogP contribution >= 0.6 is 11.6 Å². The topological polar surface area (TPSA) is 36.9 Å². The van der Waals surface area contributed by atoms with Crippen LogP contribution in [-0.2, 0) is 0 Å². The van der Waals surface area contributed by atoms with Crippen molar-refractivity contribution >= 4 is 23.3 Å². The fraction of sp³-hybridized carbons (Fsp3) is 0. The second-order valence-electron chi connectivity index (χ2n) is 4.89. The lowest BCUT2D eigenvalue weighted by Crippen LogP contribution is -1.80. The molecule has 0 saturated heterocycles. The van der Waals surface area contributed by atoms with E-state index in [1.165, 1.54) is 12.1 Å².